The van der Waals surface area contributed by atoms with Gasteiger partial charge in [0.25, 0.3) is 0 Å². The molecule has 1 aliphatic rings. The molecule has 2 atom stereocenters. The molecule has 1 saturated heterocycles. The molecule has 1 aromatic rings. The van der Waals surface area contributed by atoms with Crippen molar-refractivity contribution in [3.8, 4) is 5.75 Å². The van der Waals surface area contributed by atoms with Crippen molar-refractivity contribution < 1.29 is 9.53 Å². The molecule has 2 heterocycles. The van der Waals surface area contributed by atoms with Gasteiger partial charge in [0.15, 0.2) is 0 Å². The number of amides is 2. The molecule has 1 aliphatic heterocycles. The first-order chi connectivity index (χ1) is 9.68. The lowest BCUT2D eigenvalue weighted by molar-refractivity contribution is 0.127. The van der Waals surface area contributed by atoms with Crippen LogP contribution in [-0.2, 0) is 0 Å². The van der Waals surface area contributed by atoms with E-state index in [9.17, 15) is 4.79 Å². The number of carbonyl (C=O) groups is 1. The van der Waals surface area contributed by atoms with Gasteiger partial charge in [-0.15, -0.1) is 0 Å². The Labute approximate surface area is 120 Å². The minimum Gasteiger partial charge on any atom is -0.490 e. The van der Waals surface area contributed by atoms with E-state index >= 15 is 0 Å². The molecule has 1 aromatic heterocycles. The average molecular weight is 277 g/mol. The monoisotopic (exact) mass is 277 g/mol. The number of aromatic nitrogens is 1. The second kappa shape index (κ2) is 7.12. The van der Waals surface area contributed by atoms with E-state index in [-0.39, 0.29) is 6.03 Å². The van der Waals surface area contributed by atoms with E-state index in [4.69, 9.17) is 4.74 Å². The fourth-order valence-electron chi connectivity index (χ4n) is 2.48. The van der Waals surface area contributed by atoms with E-state index < -0.39 is 0 Å². The molecule has 2 rings (SSSR count). The summed E-state index contributed by atoms with van der Waals surface area (Å²) in [5.41, 5.74) is 0. The fourth-order valence-corrected chi connectivity index (χ4v) is 2.48. The molecule has 20 heavy (non-hydrogen) atoms. The molecule has 0 unspecified atom stereocenters. The van der Waals surface area contributed by atoms with Crippen molar-refractivity contribution in [3.63, 3.8) is 0 Å². The van der Waals surface area contributed by atoms with E-state index in [1.807, 2.05) is 17.0 Å². The van der Waals surface area contributed by atoms with Gasteiger partial charge in [-0.2, -0.15) is 0 Å². The highest BCUT2D eigenvalue weighted by atomic mass is 16.5. The Bertz CT molecular complexity index is 424. The average Bonchev–Trinajstić information content (AvgIpc) is 2.47. The number of rotatable bonds is 4. The summed E-state index contributed by atoms with van der Waals surface area (Å²) < 4.78 is 5.50. The molecule has 0 aliphatic carbocycles. The zero-order chi connectivity index (χ0) is 14.4. The van der Waals surface area contributed by atoms with Gasteiger partial charge in [-0.05, 0) is 37.8 Å². The Morgan fingerprint density at radius 3 is 3.15 bits per heavy atom. The van der Waals surface area contributed by atoms with Gasteiger partial charge in [0, 0.05) is 18.8 Å². The van der Waals surface area contributed by atoms with E-state index in [2.05, 4.69) is 24.1 Å². The van der Waals surface area contributed by atoms with Crippen LogP contribution >= 0.6 is 0 Å². The maximum atomic E-state index is 12.1. The largest absolute Gasteiger partial charge is 0.490 e. The molecule has 1 fully saturated rings. The van der Waals surface area contributed by atoms with Crippen molar-refractivity contribution in [3.05, 3.63) is 24.5 Å². The van der Waals surface area contributed by atoms with E-state index in [1.165, 1.54) is 6.42 Å². The van der Waals surface area contributed by atoms with Crippen molar-refractivity contribution in [2.75, 3.05) is 19.7 Å². The van der Waals surface area contributed by atoms with Crippen LogP contribution in [0.15, 0.2) is 24.5 Å². The molecule has 0 radical (unpaired) electrons. The molecule has 5 heteroatoms. The number of nitrogens with one attached hydrogen (secondary N) is 1. The Balaban J connectivity index is 1.70. The fraction of sp³-hybridized carbons (Fsp3) is 0.600. The van der Waals surface area contributed by atoms with Crippen LogP contribution in [0.5, 0.6) is 5.75 Å². The van der Waals surface area contributed by atoms with Gasteiger partial charge in [0.2, 0.25) is 0 Å². The van der Waals surface area contributed by atoms with Crippen LogP contribution in [0.4, 0.5) is 4.79 Å². The first-order valence-corrected chi connectivity index (χ1v) is 7.26. The predicted octanol–water partition coefficient (Wildman–Crippen LogP) is 2.29. The summed E-state index contributed by atoms with van der Waals surface area (Å²) >= 11 is 0. The third-order valence-corrected chi connectivity index (χ3v) is 3.92. The van der Waals surface area contributed by atoms with Gasteiger partial charge in [-0.25, -0.2) is 4.79 Å². The Morgan fingerprint density at radius 2 is 2.40 bits per heavy atom. The van der Waals surface area contributed by atoms with Crippen molar-refractivity contribution in [2.45, 2.75) is 32.7 Å². The molecule has 5 nitrogen and oxygen atoms in total. The predicted molar refractivity (Wildman–Crippen MR) is 77.7 cm³/mol. The minimum absolute atomic E-state index is 0.0128. The van der Waals surface area contributed by atoms with Crippen molar-refractivity contribution in [1.82, 2.24) is 15.2 Å². The van der Waals surface area contributed by atoms with Gasteiger partial charge in [0.1, 0.15) is 12.4 Å². The second-order valence-corrected chi connectivity index (χ2v) is 5.32. The van der Waals surface area contributed by atoms with Crippen LogP contribution in [-0.4, -0.2) is 41.7 Å². The standard InChI is InChI=1S/C15H23N3O2/c1-12-5-4-9-18(13(12)2)15(19)17-8-10-20-14-6-3-7-16-11-14/h3,6-7,11-13H,4-5,8-10H2,1-2H3,(H,17,19)/t12-,13-/m1/s1. The molecule has 0 spiro atoms. The van der Waals surface area contributed by atoms with E-state index in [1.54, 1.807) is 12.4 Å². The Kier molecular flexibility index (Phi) is 5.21. The smallest absolute Gasteiger partial charge is 0.317 e. The molecular weight excluding hydrogens is 254 g/mol. The van der Waals surface area contributed by atoms with Crippen molar-refractivity contribution in [2.24, 2.45) is 5.92 Å². The molecule has 0 aromatic carbocycles. The Hall–Kier alpha value is -1.78. The molecule has 1 N–H and O–H groups in total. The van der Waals surface area contributed by atoms with Crippen LogP contribution in [0.1, 0.15) is 26.7 Å². The highest BCUT2D eigenvalue weighted by Gasteiger charge is 2.27. The summed E-state index contributed by atoms with van der Waals surface area (Å²) in [7, 11) is 0. The minimum atomic E-state index is 0.0128. The lowest BCUT2D eigenvalue weighted by Gasteiger charge is -2.37. The number of pyridine rings is 1. The first kappa shape index (κ1) is 14.6. The molecule has 110 valence electrons. The van der Waals surface area contributed by atoms with Crippen LogP contribution in [0.2, 0.25) is 0 Å². The third-order valence-electron chi connectivity index (χ3n) is 3.92. The highest BCUT2D eigenvalue weighted by molar-refractivity contribution is 5.74. The summed E-state index contributed by atoms with van der Waals surface area (Å²) in [6, 6.07) is 4.00. The number of hydrogen-bond donors (Lipinski definition) is 1. The van der Waals surface area contributed by atoms with Gasteiger partial charge in [0.05, 0.1) is 12.7 Å². The quantitative estimate of drug-likeness (QED) is 0.859. The number of likely N-dealkylation sites (tertiary alicyclic amines) is 1. The molecule has 2 amide bonds. The van der Waals surface area contributed by atoms with Crippen LogP contribution < -0.4 is 10.1 Å². The van der Waals surface area contributed by atoms with Gasteiger partial charge in [-0.1, -0.05) is 6.92 Å². The highest BCUT2D eigenvalue weighted by Crippen LogP contribution is 2.22. The molecule has 0 bridgehead atoms. The maximum absolute atomic E-state index is 12.1. The van der Waals surface area contributed by atoms with Gasteiger partial charge < -0.3 is 15.0 Å². The van der Waals surface area contributed by atoms with Crippen molar-refractivity contribution >= 4 is 6.03 Å². The number of carbonyl (C=O) groups excluding carboxylic acids is 1. The summed E-state index contributed by atoms with van der Waals surface area (Å²) in [4.78, 5) is 18.0. The summed E-state index contributed by atoms with van der Waals surface area (Å²) in [5.74, 6) is 1.29. The number of hydrogen-bond acceptors (Lipinski definition) is 3. The second-order valence-electron chi connectivity index (χ2n) is 5.32. The zero-order valence-electron chi connectivity index (χ0n) is 12.2. The summed E-state index contributed by atoms with van der Waals surface area (Å²) in [6.07, 6.45) is 5.66. The zero-order valence-corrected chi connectivity index (χ0v) is 12.2. The summed E-state index contributed by atoms with van der Waals surface area (Å²) in [5, 5.41) is 2.92. The molecular formula is C15H23N3O2. The van der Waals surface area contributed by atoms with Gasteiger partial charge >= 0.3 is 6.03 Å². The van der Waals surface area contributed by atoms with E-state index in [0.717, 1.165) is 18.7 Å². The first-order valence-electron chi connectivity index (χ1n) is 7.26. The normalized spacial score (nSPS) is 22.4. The summed E-state index contributed by atoms with van der Waals surface area (Å²) in [6.45, 7) is 6.13. The maximum Gasteiger partial charge on any atom is 0.317 e. The van der Waals surface area contributed by atoms with Crippen LogP contribution in [0.25, 0.3) is 0 Å². The van der Waals surface area contributed by atoms with Gasteiger partial charge in [-0.3, -0.25) is 4.98 Å². The van der Waals surface area contributed by atoms with Crippen LogP contribution in [0.3, 0.4) is 0 Å². The third kappa shape index (κ3) is 3.85. The Morgan fingerprint density at radius 1 is 1.55 bits per heavy atom. The molecule has 0 saturated carbocycles. The van der Waals surface area contributed by atoms with Crippen molar-refractivity contribution in [1.29, 1.82) is 0 Å². The number of nitrogens with zero attached hydrogens (tertiary/aromatic N) is 2. The lowest BCUT2D eigenvalue weighted by atomic mass is 9.92. The number of ether oxygens (including phenoxy) is 1. The topological polar surface area (TPSA) is 54.5 Å². The SMILES string of the molecule is C[C@@H]1CCCN(C(=O)NCCOc2cccnc2)[C@@H]1C. The van der Waals surface area contributed by atoms with E-state index in [0.29, 0.717) is 25.1 Å². The number of piperidine rings is 1. The van der Waals surface area contributed by atoms with Crippen LogP contribution in [0, 0.1) is 5.92 Å². The number of urea groups is 1. The lowest BCUT2D eigenvalue weighted by Crippen LogP contribution is -2.50.